The van der Waals surface area contributed by atoms with Crippen LogP contribution in [0.4, 0.5) is 13.2 Å². The normalized spacial score (nSPS) is 11.6. The molecule has 0 N–H and O–H groups in total. The number of nitrogens with zero attached hydrogens (tertiary/aromatic N) is 1. The third-order valence-corrected chi connectivity index (χ3v) is 3.25. The van der Waals surface area contributed by atoms with E-state index < -0.39 is 11.7 Å². The highest BCUT2D eigenvalue weighted by Crippen LogP contribution is 2.30. The molecule has 0 bridgehead atoms. The third-order valence-electron chi connectivity index (χ3n) is 3.25. The number of ether oxygens (including phenoxy) is 2. The molecule has 0 fully saturated rings. The molecule has 0 aliphatic carbocycles. The highest BCUT2D eigenvalue weighted by molar-refractivity contribution is 5.80. The summed E-state index contributed by atoms with van der Waals surface area (Å²) >= 11 is 0. The maximum absolute atomic E-state index is 12.6. The summed E-state index contributed by atoms with van der Waals surface area (Å²) in [6.45, 7) is 2.33. The standard InChI is InChI=1S/C18H18F3NO3/c1-3-24-16-8-7-13(10-17(16)23-2)11-22-25-12-14-5-4-6-15(9-14)18(19,20)21/h4-11H,3,12H2,1-2H3. The maximum atomic E-state index is 12.6. The Labute approximate surface area is 143 Å². The van der Waals surface area contributed by atoms with Crippen LogP contribution in [-0.4, -0.2) is 19.9 Å². The molecule has 2 aromatic carbocycles. The Bertz CT molecular complexity index is 730. The van der Waals surface area contributed by atoms with Gasteiger partial charge in [0.05, 0.1) is 25.5 Å². The van der Waals surface area contributed by atoms with Crippen LogP contribution in [0.25, 0.3) is 0 Å². The van der Waals surface area contributed by atoms with Gasteiger partial charge in [0.25, 0.3) is 0 Å². The molecule has 0 aliphatic heterocycles. The second-order valence-corrected chi connectivity index (χ2v) is 5.05. The van der Waals surface area contributed by atoms with Gasteiger partial charge in [0.2, 0.25) is 0 Å². The SMILES string of the molecule is CCOc1ccc(C=NOCc2cccc(C(F)(F)F)c2)cc1OC. The monoisotopic (exact) mass is 353 g/mol. The largest absolute Gasteiger partial charge is 0.493 e. The summed E-state index contributed by atoms with van der Waals surface area (Å²) in [6.07, 6.45) is -2.93. The number of rotatable bonds is 7. The highest BCUT2D eigenvalue weighted by atomic mass is 19.4. The second-order valence-electron chi connectivity index (χ2n) is 5.05. The molecule has 0 saturated heterocycles. The number of halogens is 3. The first-order chi connectivity index (χ1) is 11.9. The molecule has 2 aromatic rings. The summed E-state index contributed by atoms with van der Waals surface area (Å²) in [6, 6.07) is 10.2. The zero-order chi connectivity index (χ0) is 18.3. The Hall–Kier alpha value is -2.70. The summed E-state index contributed by atoms with van der Waals surface area (Å²) in [4.78, 5) is 5.07. The molecule has 25 heavy (non-hydrogen) atoms. The first-order valence-corrected chi connectivity index (χ1v) is 7.56. The van der Waals surface area contributed by atoms with Gasteiger partial charge in [0.1, 0.15) is 6.61 Å². The van der Waals surface area contributed by atoms with Crippen molar-refractivity contribution in [3.63, 3.8) is 0 Å². The average molecular weight is 353 g/mol. The summed E-state index contributed by atoms with van der Waals surface area (Å²) < 4.78 is 48.6. The second kappa shape index (κ2) is 8.41. The number of hydrogen-bond donors (Lipinski definition) is 0. The summed E-state index contributed by atoms with van der Waals surface area (Å²) in [7, 11) is 1.53. The topological polar surface area (TPSA) is 40.0 Å². The lowest BCUT2D eigenvalue weighted by Crippen LogP contribution is -2.05. The minimum atomic E-state index is -4.38. The van der Waals surface area contributed by atoms with Gasteiger partial charge in [-0.1, -0.05) is 17.3 Å². The molecular weight excluding hydrogens is 335 g/mol. The van der Waals surface area contributed by atoms with E-state index in [-0.39, 0.29) is 6.61 Å². The minimum absolute atomic E-state index is 0.0609. The predicted octanol–water partition coefficient (Wildman–Crippen LogP) is 4.66. The van der Waals surface area contributed by atoms with Crippen molar-refractivity contribution < 1.29 is 27.5 Å². The van der Waals surface area contributed by atoms with Crippen molar-refractivity contribution in [2.75, 3.05) is 13.7 Å². The summed E-state index contributed by atoms with van der Waals surface area (Å²) in [5, 5.41) is 3.78. The Balaban J connectivity index is 1.98. The number of benzene rings is 2. The molecule has 0 aromatic heterocycles. The van der Waals surface area contributed by atoms with Crippen LogP contribution in [0, 0.1) is 0 Å². The number of oxime groups is 1. The Morgan fingerprint density at radius 3 is 2.56 bits per heavy atom. The molecule has 7 heteroatoms. The molecule has 0 amide bonds. The van der Waals surface area contributed by atoms with E-state index in [2.05, 4.69) is 5.16 Å². The van der Waals surface area contributed by atoms with Gasteiger partial charge in [0.15, 0.2) is 11.5 Å². The first-order valence-electron chi connectivity index (χ1n) is 7.56. The van der Waals surface area contributed by atoms with E-state index in [1.54, 1.807) is 24.3 Å². The van der Waals surface area contributed by atoms with Crippen LogP contribution in [0.3, 0.4) is 0 Å². The van der Waals surface area contributed by atoms with E-state index >= 15 is 0 Å². The fourth-order valence-corrected chi connectivity index (χ4v) is 2.09. The molecule has 0 unspecified atom stereocenters. The average Bonchev–Trinajstić information content (AvgIpc) is 2.59. The van der Waals surface area contributed by atoms with Crippen LogP contribution in [0.1, 0.15) is 23.6 Å². The van der Waals surface area contributed by atoms with E-state index in [0.717, 1.165) is 12.1 Å². The third kappa shape index (κ3) is 5.41. The number of alkyl halides is 3. The lowest BCUT2D eigenvalue weighted by molar-refractivity contribution is -0.137. The van der Waals surface area contributed by atoms with E-state index in [1.807, 2.05) is 6.92 Å². The van der Waals surface area contributed by atoms with Gasteiger partial charge in [-0.05, 0) is 42.8 Å². The first kappa shape index (κ1) is 18.6. The highest BCUT2D eigenvalue weighted by Gasteiger charge is 2.30. The maximum Gasteiger partial charge on any atom is 0.416 e. The molecule has 0 aliphatic rings. The fourth-order valence-electron chi connectivity index (χ4n) is 2.09. The molecule has 0 atom stereocenters. The number of hydrogen-bond acceptors (Lipinski definition) is 4. The fraction of sp³-hybridized carbons (Fsp3) is 0.278. The van der Waals surface area contributed by atoms with Crippen LogP contribution in [0.5, 0.6) is 11.5 Å². The summed E-state index contributed by atoms with van der Waals surface area (Å²) in [5.41, 5.74) is 0.384. The van der Waals surface area contributed by atoms with Crippen molar-refractivity contribution in [2.45, 2.75) is 19.7 Å². The van der Waals surface area contributed by atoms with Gasteiger partial charge in [-0.25, -0.2) is 0 Å². The molecule has 0 heterocycles. The smallest absolute Gasteiger partial charge is 0.416 e. The Kier molecular flexibility index (Phi) is 6.27. The van der Waals surface area contributed by atoms with Gasteiger partial charge in [-0.3, -0.25) is 0 Å². The predicted molar refractivity (Wildman–Crippen MR) is 88.0 cm³/mol. The van der Waals surface area contributed by atoms with Gasteiger partial charge >= 0.3 is 6.18 Å². The van der Waals surface area contributed by atoms with Gasteiger partial charge in [-0.15, -0.1) is 0 Å². The Morgan fingerprint density at radius 2 is 1.88 bits per heavy atom. The van der Waals surface area contributed by atoms with E-state index in [9.17, 15) is 13.2 Å². The number of methoxy groups -OCH3 is 1. The van der Waals surface area contributed by atoms with Crippen LogP contribution in [0.15, 0.2) is 47.6 Å². The van der Waals surface area contributed by atoms with Crippen molar-refractivity contribution in [1.29, 1.82) is 0 Å². The molecule has 2 rings (SSSR count). The van der Waals surface area contributed by atoms with Crippen LogP contribution >= 0.6 is 0 Å². The van der Waals surface area contributed by atoms with Crippen molar-refractivity contribution in [3.8, 4) is 11.5 Å². The lowest BCUT2D eigenvalue weighted by atomic mass is 10.1. The molecule has 0 saturated carbocycles. The molecule has 0 spiro atoms. The molecule has 134 valence electrons. The van der Waals surface area contributed by atoms with E-state index in [0.29, 0.717) is 29.2 Å². The minimum Gasteiger partial charge on any atom is -0.493 e. The van der Waals surface area contributed by atoms with Crippen molar-refractivity contribution in [3.05, 3.63) is 59.2 Å². The van der Waals surface area contributed by atoms with Crippen molar-refractivity contribution >= 4 is 6.21 Å². The Morgan fingerprint density at radius 1 is 1.08 bits per heavy atom. The van der Waals surface area contributed by atoms with Crippen molar-refractivity contribution in [2.24, 2.45) is 5.16 Å². The van der Waals surface area contributed by atoms with Gasteiger partial charge < -0.3 is 14.3 Å². The zero-order valence-corrected chi connectivity index (χ0v) is 13.8. The quantitative estimate of drug-likeness (QED) is 0.537. The van der Waals surface area contributed by atoms with E-state index in [4.69, 9.17) is 14.3 Å². The van der Waals surface area contributed by atoms with Gasteiger partial charge in [0, 0.05) is 5.56 Å². The lowest BCUT2D eigenvalue weighted by Gasteiger charge is -2.09. The molecular formula is C18H18F3NO3. The van der Waals surface area contributed by atoms with Gasteiger partial charge in [-0.2, -0.15) is 13.2 Å². The molecule has 0 radical (unpaired) electrons. The van der Waals surface area contributed by atoms with Crippen molar-refractivity contribution in [1.82, 2.24) is 0 Å². The molecule has 4 nitrogen and oxygen atoms in total. The van der Waals surface area contributed by atoms with Crippen LogP contribution in [-0.2, 0) is 17.6 Å². The van der Waals surface area contributed by atoms with E-state index in [1.165, 1.54) is 19.4 Å². The summed E-state index contributed by atoms with van der Waals surface area (Å²) in [5.74, 6) is 1.18. The van der Waals surface area contributed by atoms with Crippen LogP contribution in [0.2, 0.25) is 0 Å². The zero-order valence-electron chi connectivity index (χ0n) is 13.8. The van der Waals surface area contributed by atoms with Crippen LogP contribution < -0.4 is 9.47 Å².